The molecular formula is C27H31NO2. The highest BCUT2D eigenvalue weighted by molar-refractivity contribution is 5.80. The molecule has 0 saturated carbocycles. The van der Waals surface area contributed by atoms with Crippen molar-refractivity contribution >= 4 is 5.91 Å². The van der Waals surface area contributed by atoms with Gasteiger partial charge in [-0.3, -0.25) is 4.79 Å². The van der Waals surface area contributed by atoms with E-state index in [2.05, 4.69) is 31.2 Å². The Hall–Kier alpha value is -2.91. The van der Waals surface area contributed by atoms with E-state index in [0.717, 1.165) is 16.7 Å². The summed E-state index contributed by atoms with van der Waals surface area (Å²) in [7, 11) is 1.80. The number of hydrogen-bond donors (Lipinski definition) is 1. The van der Waals surface area contributed by atoms with Gasteiger partial charge in [-0.25, -0.2) is 0 Å². The van der Waals surface area contributed by atoms with Crippen molar-refractivity contribution in [2.24, 2.45) is 5.92 Å². The van der Waals surface area contributed by atoms with Gasteiger partial charge in [0.05, 0.1) is 12.1 Å². The molecule has 0 heterocycles. The van der Waals surface area contributed by atoms with Gasteiger partial charge in [0.1, 0.15) is 0 Å². The van der Waals surface area contributed by atoms with Crippen molar-refractivity contribution in [3.05, 3.63) is 108 Å². The lowest BCUT2D eigenvalue weighted by Crippen LogP contribution is -2.44. The molecule has 0 fully saturated rings. The van der Waals surface area contributed by atoms with Gasteiger partial charge in [-0.05, 0) is 36.0 Å². The number of likely N-dealkylation sites (N-methyl/N-ethyl adjacent to an activating group) is 1. The van der Waals surface area contributed by atoms with Gasteiger partial charge in [-0.2, -0.15) is 0 Å². The second-order valence-electron chi connectivity index (χ2n) is 8.04. The molecule has 1 amide bonds. The molecule has 3 heteroatoms. The maximum atomic E-state index is 13.7. The molecule has 30 heavy (non-hydrogen) atoms. The molecule has 3 nitrogen and oxygen atoms in total. The number of carbonyl (C=O) groups is 1. The molecule has 0 radical (unpaired) electrons. The van der Waals surface area contributed by atoms with E-state index >= 15 is 0 Å². The molecule has 3 rings (SSSR count). The SMILES string of the molecule is C[C@@H](c1ccccc1)[C@H](Cc1ccccc1)C(=O)N(C)[C@@H](C)[C@@H](O)c1ccccc1. The fraction of sp³-hybridized carbons (Fsp3) is 0.296. The smallest absolute Gasteiger partial charge is 0.226 e. The summed E-state index contributed by atoms with van der Waals surface area (Å²) in [6.07, 6.45) is -0.0710. The summed E-state index contributed by atoms with van der Waals surface area (Å²) in [6.45, 7) is 4.02. The molecule has 0 saturated heterocycles. The number of aliphatic hydroxyl groups excluding tert-OH is 1. The van der Waals surface area contributed by atoms with Gasteiger partial charge in [0.25, 0.3) is 0 Å². The maximum Gasteiger partial charge on any atom is 0.226 e. The van der Waals surface area contributed by atoms with Crippen LogP contribution < -0.4 is 0 Å². The lowest BCUT2D eigenvalue weighted by atomic mass is 9.82. The third-order valence-electron chi connectivity index (χ3n) is 6.10. The monoisotopic (exact) mass is 401 g/mol. The summed E-state index contributed by atoms with van der Waals surface area (Å²) < 4.78 is 0. The van der Waals surface area contributed by atoms with E-state index in [9.17, 15) is 9.90 Å². The summed E-state index contributed by atoms with van der Waals surface area (Å²) in [6, 6.07) is 29.5. The Morgan fingerprint density at radius 1 is 0.800 bits per heavy atom. The number of aliphatic hydroxyl groups is 1. The van der Waals surface area contributed by atoms with Crippen LogP contribution in [0.2, 0.25) is 0 Å². The molecule has 0 aliphatic rings. The van der Waals surface area contributed by atoms with E-state index in [1.54, 1.807) is 11.9 Å². The van der Waals surface area contributed by atoms with Crippen molar-refractivity contribution in [1.82, 2.24) is 4.90 Å². The molecule has 0 aliphatic carbocycles. The van der Waals surface area contributed by atoms with Crippen molar-refractivity contribution < 1.29 is 9.90 Å². The van der Waals surface area contributed by atoms with Crippen LogP contribution in [0.4, 0.5) is 0 Å². The summed E-state index contributed by atoms with van der Waals surface area (Å²) in [5, 5.41) is 10.8. The summed E-state index contributed by atoms with van der Waals surface area (Å²) in [5.74, 6) is -0.106. The van der Waals surface area contributed by atoms with Crippen LogP contribution in [0, 0.1) is 5.92 Å². The fourth-order valence-electron chi connectivity index (χ4n) is 3.94. The van der Waals surface area contributed by atoms with E-state index in [1.165, 1.54) is 0 Å². The van der Waals surface area contributed by atoms with Crippen LogP contribution in [0.3, 0.4) is 0 Å². The standard InChI is InChI=1S/C27H31NO2/c1-20(23-15-9-5-10-16-23)25(19-22-13-7-4-8-14-22)27(30)28(3)21(2)26(29)24-17-11-6-12-18-24/h4-18,20-21,25-26,29H,19H2,1-3H3/t20-,21-,25-,26+/m0/s1. The third-order valence-corrected chi connectivity index (χ3v) is 6.10. The highest BCUT2D eigenvalue weighted by atomic mass is 16.3. The first-order valence-corrected chi connectivity index (χ1v) is 10.6. The zero-order valence-corrected chi connectivity index (χ0v) is 18.0. The lowest BCUT2D eigenvalue weighted by Gasteiger charge is -2.34. The molecule has 0 spiro atoms. The van der Waals surface area contributed by atoms with Crippen LogP contribution in [0.5, 0.6) is 0 Å². The van der Waals surface area contributed by atoms with Crippen LogP contribution in [0.1, 0.15) is 42.6 Å². The van der Waals surface area contributed by atoms with Crippen LogP contribution in [-0.4, -0.2) is 29.0 Å². The predicted molar refractivity (Wildman–Crippen MR) is 122 cm³/mol. The Labute approximate surface area is 180 Å². The molecule has 156 valence electrons. The molecule has 3 aromatic carbocycles. The Morgan fingerprint density at radius 3 is 1.80 bits per heavy atom. The van der Waals surface area contributed by atoms with E-state index in [0.29, 0.717) is 6.42 Å². The Kier molecular flexibility index (Phi) is 7.42. The third kappa shape index (κ3) is 5.17. The van der Waals surface area contributed by atoms with Gasteiger partial charge >= 0.3 is 0 Å². The van der Waals surface area contributed by atoms with Gasteiger partial charge in [-0.15, -0.1) is 0 Å². The van der Waals surface area contributed by atoms with Crippen molar-refractivity contribution in [1.29, 1.82) is 0 Å². The van der Waals surface area contributed by atoms with E-state index in [1.807, 2.05) is 73.7 Å². The minimum atomic E-state index is -0.732. The van der Waals surface area contributed by atoms with E-state index < -0.39 is 6.10 Å². The van der Waals surface area contributed by atoms with Gasteiger partial charge < -0.3 is 10.0 Å². The minimum absolute atomic E-state index is 0.0534. The fourth-order valence-corrected chi connectivity index (χ4v) is 3.94. The highest BCUT2D eigenvalue weighted by Crippen LogP contribution is 2.30. The van der Waals surface area contributed by atoms with Crippen LogP contribution in [0.25, 0.3) is 0 Å². The first-order valence-electron chi connectivity index (χ1n) is 10.6. The first kappa shape index (κ1) is 21.8. The average Bonchev–Trinajstić information content (AvgIpc) is 2.82. The summed E-state index contributed by atoms with van der Waals surface area (Å²) >= 11 is 0. The zero-order valence-electron chi connectivity index (χ0n) is 18.0. The Morgan fingerprint density at radius 2 is 1.27 bits per heavy atom. The van der Waals surface area contributed by atoms with Crippen LogP contribution in [-0.2, 0) is 11.2 Å². The highest BCUT2D eigenvalue weighted by Gasteiger charge is 2.33. The first-order chi connectivity index (χ1) is 14.5. The molecule has 3 aromatic rings. The van der Waals surface area contributed by atoms with Crippen molar-refractivity contribution in [3.8, 4) is 0 Å². The number of rotatable bonds is 8. The predicted octanol–water partition coefficient (Wildman–Crippen LogP) is 5.23. The normalized spacial score (nSPS) is 15.1. The van der Waals surface area contributed by atoms with Crippen molar-refractivity contribution in [2.45, 2.75) is 38.3 Å². The molecule has 0 bridgehead atoms. The number of hydrogen-bond acceptors (Lipinski definition) is 2. The average molecular weight is 402 g/mol. The van der Waals surface area contributed by atoms with Crippen LogP contribution >= 0.6 is 0 Å². The summed E-state index contributed by atoms with van der Waals surface area (Å²) in [4.78, 5) is 15.4. The molecule has 4 atom stereocenters. The molecule has 0 unspecified atom stereocenters. The largest absolute Gasteiger partial charge is 0.386 e. The molecule has 0 aliphatic heterocycles. The lowest BCUT2D eigenvalue weighted by molar-refractivity contribution is -0.139. The molecule has 0 aromatic heterocycles. The topological polar surface area (TPSA) is 40.5 Å². The van der Waals surface area contributed by atoms with Gasteiger partial charge in [0, 0.05) is 13.0 Å². The number of amides is 1. The molecule has 1 N–H and O–H groups in total. The number of benzene rings is 3. The number of nitrogens with zero attached hydrogens (tertiary/aromatic N) is 1. The molecular weight excluding hydrogens is 370 g/mol. The van der Waals surface area contributed by atoms with Crippen molar-refractivity contribution in [3.63, 3.8) is 0 Å². The maximum absolute atomic E-state index is 13.7. The Balaban J connectivity index is 1.85. The Bertz CT molecular complexity index is 911. The van der Waals surface area contributed by atoms with Crippen molar-refractivity contribution in [2.75, 3.05) is 7.05 Å². The van der Waals surface area contributed by atoms with Gasteiger partial charge in [-0.1, -0.05) is 97.9 Å². The van der Waals surface area contributed by atoms with E-state index in [-0.39, 0.29) is 23.8 Å². The van der Waals surface area contributed by atoms with Crippen LogP contribution in [0.15, 0.2) is 91.0 Å². The number of carbonyl (C=O) groups excluding carboxylic acids is 1. The van der Waals surface area contributed by atoms with E-state index in [4.69, 9.17) is 0 Å². The second kappa shape index (κ2) is 10.2. The summed E-state index contributed by atoms with van der Waals surface area (Å²) in [5.41, 5.74) is 3.11. The zero-order chi connectivity index (χ0) is 21.5. The van der Waals surface area contributed by atoms with Gasteiger partial charge in [0.15, 0.2) is 0 Å². The van der Waals surface area contributed by atoms with Gasteiger partial charge in [0.2, 0.25) is 5.91 Å². The minimum Gasteiger partial charge on any atom is -0.386 e. The second-order valence-corrected chi connectivity index (χ2v) is 8.04. The quantitative estimate of drug-likeness (QED) is 0.561.